The molecule has 0 spiro atoms. The van der Waals surface area contributed by atoms with Crippen LogP contribution in [0.5, 0.6) is 11.6 Å². The van der Waals surface area contributed by atoms with Gasteiger partial charge >= 0.3 is 0 Å². The van der Waals surface area contributed by atoms with Crippen molar-refractivity contribution >= 4 is 16.9 Å². The number of aromatic nitrogens is 4. The van der Waals surface area contributed by atoms with Crippen LogP contribution in [0.1, 0.15) is 6.23 Å². The lowest BCUT2D eigenvalue weighted by molar-refractivity contribution is -0.384. The average molecular weight is 389 g/mol. The van der Waals surface area contributed by atoms with E-state index in [9.17, 15) is 25.4 Å². The van der Waals surface area contributed by atoms with Crippen LogP contribution in [0.2, 0.25) is 0 Å². The normalized spacial score (nSPS) is 24.5. The van der Waals surface area contributed by atoms with E-state index in [0.29, 0.717) is 5.75 Å². The second kappa shape index (κ2) is 7.09. The fourth-order valence-corrected chi connectivity index (χ4v) is 2.95. The number of imidazole rings is 1. The summed E-state index contributed by atoms with van der Waals surface area (Å²) < 4.78 is 12.5. The summed E-state index contributed by atoms with van der Waals surface area (Å²) in [5, 5.41) is 40.1. The van der Waals surface area contributed by atoms with Gasteiger partial charge < -0.3 is 24.8 Å². The zero-order chi connectivity index (χ0) is 19.8. The summed E-state index contributed by atoms with van der Waals surface area (Å²) in [7, 11) is 0. The van der Waals surface area contributed by atoms with Gasteiger partial charge in [0.15, 0.2) is 17.4 Å². The van der Waals surface area contributed by atoms with Gasteiger partial charge in [-0.1, -0.05) is 0 Å². The van der Waals surface area contributed by atoms with E-state index in [1.807, 2.05) is 0 Å². The lowest BCUT2D eigenvalue weighted by atomic mass is 10.1. The number of nitro groups is 1. The number of hydrogen-bond donors (Lipinski definition) is 3. The smallest absolute Gasteiger partial charge is 0.269 e. The topological polar surface area (TPSA) is 166 Å². The first kappa shape index (κ1) is 18.2. The Kier molecular flexibility index (Phi) is 4.60. The summed E-state index contributed by atoms with van der Waals surface area (Å²) in [6, 6.07) is 5.45. The maximum absolute atomic E-state index is 10.7. The zero-order valence-electron chi connectivity index (χ0n) is 14.2. The zero-order valence-corrected chi connectivity index (χ0v) is 14.2. The number of aliphatic hydroxyl groups excluding tert-OH is 3. The molecule has 28 heavy (non-hydrogen) atoms. The lowest BCUT2D eigenvalue weighted by Crippen LogP contribution is -2.33. The average Bonchev–Trinajstić information content (AvgIpc) is 3.24. The van der Waals surface area contributed by atoms with E-state index in [4.69, 9.17) is 9.47 Å². The number of rotatable bonds is 5. The fraction of sp³-hybridized carbons (Fsp3) is 0.312. The molecule has 4 rings (SSSR count). The Bertz CT molecular complexity index is 1010. The second-order valence-electron chi connectivity index (χ2n) is 6.08. The Hall–Kier alpha value is -3.19. The van der Waals surface area contributed by atoms with Crippen LogP contribution in [-0.4, -0.2) is 64.7 Å². The van der Waals surface area contributed by atoms with Crippen molar-refractivity contribution in [2.75, 3.05) is 6.61 Å². The highest BCUT2D eigenvalue weighted by Crippen LogP contribution is 2.33. The first-order valence-electron chi connectivity index (χ1n) is 8.22. The van der Waals surface area contributed by atoms with Gasteiger partial charge in [-0.3, -0.25) is 14.7 Å². The van der Waals surface area contributed by atoms with Gasteiger partial charge in [0.05, 0.1) is 17.9 Å². The number of ether oxygens (including phenoxy) is 2. The van der Waals surface area contributed by atoms with Crippen LogP contribution in [0, 0.1) is 10.1 Å². The molecule has 0 saturated carbocycles. The van der Waals surface area contributed by atoms with Gasteiger partial charge in [-0.05, 0) is 12.1 Å². The summed E-state index contributed by atoms with van der Waals surface area (Å²) in [6.07, 6.45) is -1.91. The summed E-state index contributed by atoms with van der Waals surface area (Å²) >= 11 is 0. The number of benzene rings is 1. The minimum absolute atomic E-state index is 0.0752. The molecule has 0 amide bonds. The van der Waals surface area contributed by atoms with Gasteiger partial charge in [0.25, 0.3) is 11.6 Å². The molecule has 1 aliphatic rings. The highest BCUT2D eigenvalue weighted by Gasteiger charge is 2.44. The molecule has 0 bridgehead atoms. The molecule has 0 aliphatic carbocycles. The van der Waals surface area contributed by atoms with Crippen molar-refractivity contribution in [2.24, 2.45) is 0 Å². The molecule has 3 N–H and O–H groups in total. The lowest BCUT2D eigenvalue weighted by Gasteiger charge is -2.16. The molecular formula is C16H15N5O7. The molecule has 1 fully saturated rings. The van der Waals surface area contributed by atoms with E-state index in [-0.39, 0.29) is 22.7 Å². The Labute approximate surface area is 156 Å². The van der Waals surface area contributed by atoms with Crippen molar-refractivity contribution in [1.82, 2.24) is 19.5 Å². The third-order valence-electron chi connectivity index (χ3n) is 4.38. The van der Waals surface area contributed by atoms with Crippen molar-refractivity contribution in [1.29, 1.82) is 0 Å². The van der Waals surface area contributed by atoms with Crippen LogP contribution in [0.25, 0.3) is 11.2 Å². The van der Waals surface area contributed by atoms with E-state index in [2.05, 4.69) is 15.0 Å². The quantitative estimate of drug-likeness (QED) is 0.403. The van der Waals surface area contributed by atoms with E-state index < -0.39 is 36.1 Å². The summed E-state index contributed by atoms with van der Waals surface area (Å²) in [5.74, 6) is 0.414. The van der Waals surface area contributed by atoms with Crippen molar-refractivity contribution in [3.8, 4) is 11.6 Å². The fourth-order valence-electron chi connectivity index (χ4n) is 2.95. The minimum Gasteiger partial charge on any atom is -0.437 e. The van der Waals surface area contributed by atoms with Crippen molar-refractivity contribution < 1.29 is 29.7 Å². The summed E-state index contributed by atoms with van der Waals surface area (Å²) in [5.41, 5.74) is 0.467. The predicted molar refractivity (Wildman–Crippen MR) is 91.5 cm³/mol. The van der Waals surface area contributed by atoms with Gasteiger partial charge in [0.1, 0.15) is 30.4 Å². The molecule has 1 aromatic carbocycles. The first-order chi connectivity index (χ1) is 13.5. The van der Waals surface area contributed by atoms with E-state index >= 15 is 0 Å². The van der Waals surface area contributed by atoms with Gasteiger partial charge in [0, 0.05) is 12.1 Å². The van der Waals surface area contributed by atoms with Crippen LogP contribution in [0.4, 0.5) is 5.69 Å². The van der Waals surface area contributed by atoms with Crippen LogP contribution >= 0.6 is 0 Å². The Morgan fingerprint density at radius 1 is 1.18 bits per heavy atom. The third kappa shape index (κ3) is 3.03. The minimum atomic E-state index is -1.29. The van der Waals surface area contributed by atoms with Crippen molar-refractivity contribution in [3.63, 3.8) is 0 Å². The Balaban J connectivity index is 1.65. The molecule has 146 valence electrons. The standard InChI is InChI=1S/C16H15N5O7/c22-5-10-12(23)13(24)16(28-10)20-7-19-11-14(20)17-6-18-15(11)27-9-3-1-8(2-4-9)21(25)26/h1-4,6-7,10,12-13,16,22-24H,5H2. The monoisotopic (exact) mass is 389 g/mol. The van der Waals surface area contributed by atoms with Crippen LogP contribution in [-0.2, 0) is 4.74 Å². The number of non-ortho nitro benzene ring substituents is 1. The van der Waals surface area contributed by atoms with Crippen molar-refractivity contribution in [3.05, 3.63) is 47.0 Å². The van der Waals surface area contributed by atoms with E-state index in [1.165, 1.54) is 41.5 Å². The number of hydrogen-bond acceptors (Lipinski definition) is 10. The molecular weight excluding hydrogens is 374 g/mol. The van der Waals surface area contributed by atoms with Gasteiger partial charge in [-0.25, -0.2) is 9.97 Å². The molecule has 3 aromatic rings. The highest BCUT2D eigenvalue weighted by molar-refractivity contribution is 5.76. The second-order valence-corrected chi connectivity index (χ2v) is 6.08. The van der Waals surface area contributed by atoms with Crippen LogP contribution in [0.15, 0.2) is 36.9 Å². The molecule has 1 saturated heterocycles. The van der Waals surface area contributed by atoms with Crippen LogP contribution < -0.4 is 4.74 Å². The van der Waals surface area contributed by atoms with Gasteiger partial charge in [-0.2, -0.15) is 4.98 Å². The van der Waals surface area contributed by atoms with Crippen LogP contribution in [0.3, 0.4) is 0 Å². The van der Waals surface area contributed by atoms with Gasteiger partial charge in [-0.15, -0.1) is 0 Å². The first-order valence-corrected chi connectivity index (χ1v) is 8.22. The maximum atomic E-state index is 10.7. The summed E-state index contributed by atoms with van der Waals surface area (Å²) in [6.45, 7) is -0.454. The summed E-state index contributed by atoms with van der Waals surface area (Å²) in [4.78, 5) is 22.6. The number of nitrogens with zero attached hydrogens (tertiary/aromatic N) is 5. The number of fused-ring (bicyclic) bond motifs is 1. The molecule has 12 heteroatoms. The van der Waals surface area contributed by atoms with E-state index in [1.54, 1.807) is 0 Å². The van der Waals surface area contributed by atoms with Gasteiger partial charge in [0.2, 0.25) is 0 Å². The molecule has 3 heterocycles. The molecule has 4 unspecified atom stereocenters. The predicted octanol–water partition coefficient (Wildman–Crippen LogP) is 0.138. The SMILES string of the molecule is O=[N+]([O-])c1ccc(Oc2ncnc3c2ncn3C2OC(CO)C(O)C2O)cc1. The third-order valence-corrected chi connectivity index (χ3v) is 4.38. The largest absolute Gasteiger partial charge is 0.437 e. The molecule has 0 radical (unpaired) electrons. The number of nitro benzene ring substituents is 1. The van der Waals surface area contributed by atoms with E-state index in [0.717, 1.165) is 0 Å². The number of aliphatic hydroxyl groups is 3. The highest BCUT2D eigenvalue weighted by atomic mass is 16.6. The molecule has 1 aliphatic heterocycles. The molecule has 2 aromatic heterocycles. The molecule has 4 atom stereocenters. The molecule has 12 nitrogen and oxygen atoms in total. The Morgan fingerprint density at radius 3 is 2.57 bits per heavy atom. The maximum Gasteiger partial charge on any atom is 0.269 e. The van der Waals surface area contributed by atoms with Crippen molar-refractivity contribution in [2.45, 2.75) is 24.5 Å². The Morgan fingerprint density at radius 2 is 1.93 bits per heavy atom.